The lowest BCUT2D eigenvalue weighted by Crippen LogP contribution is -2.26. The Morgan fingerprint density at radius 1 is 1.42 bits per heavy atom. The van der Waals surface area contributed by atoms with Crippen molar-refractivity contribution in [1.29, 1.82) is 0 Å². The zero-order valence-electron chi connectivity index (χ0n) is 7.73. The van der Waals surface area contributed by atoms with Gasteiger partial charge >= 0.3 is 6.03 Å². The van der Waals surface area contributed by atoms with E-state index in [2.05, 4.69) is 17.6 Å². The van der Waals surface area contributed by atoms with E-state index in [-0.39, 0.29) is 6.03 Å². The summed E-state index contributed by atoms with van der Waals surface area (Å²) in [5.41, 5.74) is 0. The van der Waals surface area contributed by atoms with Crippen molar-refractivity contribution >= 4 is 6.03 Å². The van der Waals surface area contributed by atoms with Crippen molar-refractivity contribution in [1.82, 2.24) is 10.6 Å². The molecule has 1 rings (SSSR count). The summed E-state index contributed by atoms with van der Waals surface area (Å²) in [5.74, 6) is 0. The molecule has 1 aliphatic heterocycles. The van der Waals surface area contributed by atoms with Gasteiger partial charge in [0.25, 0.3) is 0 Å². The molecule has 0 spiro atoms. The summed E-state index contributed by atoms with van der Waals surface area (Å²) in [7, 11) is 0. The van der Waals surface area contributed by atoms with Gasteiger partial charge in [-0.3, -0.25) is 0 Å². The maximum atomic E-state index is 10.7. The molecule has 0 aromatic carbocycles. The topological polar surface area (TPSA) is 41.1 Å². The molecule has 1 fully saturated rings. The second-order valence-corrected chi connectivity index (χ2v) is 3.40. The number of nitrogens with one attached hydrogen (secondary N) is 2. The Kier molecular flexibility index (Phi) is 3.91. The number of hydrogen-bond acceptors (Lipinski definition) is 1. The zero-order valence-corrected chi connectivity index (χ0v) is 7.73. The molecule has 0 saturated carbocycles. The molecular weight excluding hydrogens is 152 g/mol. The summed E-state index contributed by atoms with van der Waals surface area (Å²) in [6, 6.07) is 0.379. The molecule has 3 nitrogen and oxygen atoms in total. The van der Waals surface area contributed by atoms with E-state index in [0.717, 1.165) is 13.0 Å². The van der Waals surface area contributed by atoms with Gasteiger partial charge in [0.05, 0.1) is 0 Å². The van der Waals surface area contributed by atoms with Crippen molar-refractivity contribution in [2.45, 2.75) is 45.1 Å². The van der Waals surface area contributed by atoms with Crippen LogP contribution in [0.5, 0.6) is 0 Å². The molecule has 0 aromatic heterocycles. The van der Waals surface area contributed by atoms with Crippen LogP contribution in [-0.4, -0.2) is 18.6 Å². The highest BCUT2D eigenvalue weighted by Crippen LogP contribution is 2.06. The van der Waals surface area contributed by atoms with Gasteiger partial charge in [0.1, 0.15) is 0 Å². The van der Waals surface area contributed by atoms with Gasteiger partial charge in [-0.05, 0) is 6.42 Å². The second kappa shape index (κ2) is 5.01. The molecule has 3 heteroatoms. The fraction of sp³-hybridized carbons (Fsp3) is 0.889. The largest absolute Gasteiger partial charge is 0.336 e. The van der Waals surface area contributed by atoms with Crippen molar-refractivity contribution in [3.8, 4) is 0 Å². The quantitative estimate of drug-likeness (QED) is 0.605. The van der Waals surface area contributed by atoms with Crippen LogP contribution in [0.25, 0.3) is 0 Å². The molecule has 1 saturated heterocycles. The van der Waals surface area contributed by atoms with Gasteiger partial charge in [0, 0.05) is 12.6 Å². The van der Waals surface area contributed by atoms with E-state index < -0.39 is 0 Å². The number of carbonyl (C=O) groups excluding carboxylic acids is 1. The first-order valence-electron chi connectivity index (χ1n) is 4.87. The van der Waals surface area contributed by atoms with Crippen LogP contribution in [0.4, 0.5) is 4.79 Å². The summed E-state index contributed by atoms with van der Waals surface area (Å²) in [6.45, 7) is 3.02. The lowest BCUT2D eigenvalue weighted by Gasteiger charge is -2.06. The maximum Gasteiger partial charge on any atom is 0.315 e. The van der Waals surface area contributed by atoms with Crippen LogP contribution in [0.1, 0.15) is 39.0 Å². The first kappa shape index (κ1) is 9.36. The molecular formula is C9H18N2O. The van der Waals surface area contributed by atoms with Crippen molar-refractivity contribution in [3.63, 3.8) is 0 Å². The van der Waals surface area contributed by atoms with Crippen molar-refractivity contribution in [2.24, 2.45) is 0 Å². The number of urea groups is 1. The predicted molar refractivity (Wildman–Crippen MR) is 49.1 cm³/mol. The standard InChI is InChI=1S/C9H18N2O/c1-2-3-4-5-6-8-7-10-9(12)11-8/h8H,2-7H2,1H3,(H2,10,11,12). The number of unbranched alkanes of at least 4 members (excludes halogenated alkanes) is 3. The van der Waals surface area contributed by atoms with Gasteiger partial charge < -0.3 is 10.6 Å². The van der Waals surface area contributed by atoms with Crippen LogP contribution < -0.4 is 10.6 Å². The lowest BCUT2D eigenvalue weighted by molar-refractivity contribution is 0.247. The van der Waals surface area contributed by atoms with E-state index in [1.807, 2.05) is 0 Å². The van der Waals surface area contributed by atoms with E-state index in [4.69, 9.17) is 0 Å². The molecule has 0 radical (unpaired) electrons. The molecule has 1 atom stereocenters. The van der Waals surface area contributed by atoms with Crippen LogP contribution in [0.2, 0.25) is 0 Å². The number of carbonyl (C=O) groups is 1. The molecule has 1 aliphatic rings. The monoisotopic (exact) mass is 170 g/mol. The van der Waals surface area contributed by atoms with Gasteiger partial charge in [-0.15, -0.1) is 0 Å². The van der Waals surface area contributed by atoms with Crippen LogP contribution in [0.3, 0.4) is 0 Å². The van der Waals surface area contributed by atoms with Gasteiger partial charge in [0.2, 0.25) is 0 Å². The minimum atomic E-state index is -0.00417. The van der Waals surface area contributed by atoms with E-state index in [9.17, 15) is 4.79 Å². The third-order valence-corrected chi connectivity index (χ3v) is 2.25. The van der Waals surface area contributed by atoms with Gasteiger partial charge in [0.15, 0.2) is 0 Å². The Labute approximate surface area is 73.9 Å². The lowest BCUT2D eigenvalue weighted by atomic mass is 10.1. The van der Waals surface area contributed by atoms with Crippen LogP contribution in [0.15, 0.2) is 0 Å². The minimum Gasteiger partial charge on any atom is -0.336 e. The van der Waals surface area contributed by atoms with Gasteiger partial charge in [-0.2, -0.15) is 0 Å². The van der Waals surface area contributed by atoms with Crippen molar-refractivity contribution in [2.75, 3.05) is 6.54 Å². The Bertz CT molecular complexity index is 147. The summed E-state index contributed by atoms with van der Waals surface area (Å²) >= 11 is 0. The number of rotatable bonds is 5. The SMILES string of the molecule is CCCCCCC1CNC(=O)N1. The smallest absolute Gasteiger partial charge is 0.315 e. The van der Waals surface area contributed by atoms with E-state index in [1.54, 1.807) is 0 Å². The minimum absolute atomic E-state index is 0.00417. The molecule has 2 amide bonds. The second-order valence-electron chi connectivity index (χ2n) is 3.40. The van der Waals surface area contributed by atoms with E-state index >= 15 is 0 Å². The fourth-order valence-corrected chi connectivity index (χ4v) is 1.50. The summed E-state index contributed by atoms with van der Waals surface area (Å²) in [6.07, 6.45) is 6.24. The Hall–Kier alpha value is -0.730. The Morgan fingerprint density at radius 2 is 2.25 bits per heavy atom. The van der Waals surface area contributed by atoms with Crippen LogP contribution in [0, 0.1) is 0 Å². The van der Waals surface area contributed by atoms with Crippen molar-refractivity contribution in [3.05, 3.63) is 0 Å². The first-order valence-corrected chi connectivity index (χ1v) is 4.87. The molecule has 1 heterocycles. The normalized spacial score (nSPS) is 22.1. The maximum absolute atomic E-state index is 10.7. The Balaban J connectivity index is 1.97. The average molecular weight is 170 g/mol. The summed E-state index contributed by atoms with van der Waals surface area (Å²) in [4.78, 5) is 10.7. The number of hydrogen-bond donors (Lipinski definition) is 2. The van der Waals surface area contributed by atoms with Gasteiger partial charge in [-0.25, -0.2) is 4.79 Å². The van der Waals surface area contributed by atoms with E-state index in [1.165, 1.54) is 25.7 Å². The molecule has 70 valence electrons. The van der Waals surface area contributed by atoms with Crippen molar-refractivity contribution < 1.29 is 4.79 Å². The first-order chi connectivity index (χ1) is 5.83. The number of amides is 2. The molecule has 12 heavy (non-hydrogen) atoms. The van der Waals surface area contributed by atoms with Crippen LogP contribution >= 0.6 is 0 Å². The Morgan fingerprint density at radius 3 is 2.83 bits per heavy atom. The fourth-order valence-electron chi connectivity index (χ4n) is 1.50. The highest BCUT2D eigenvalue weighted by molar-refractivity contribution is 5.76. The molecule has 0 aliphatic carbocycles. The highest BCUT2D eigenvalue weighted by atomic mass is 16.2. The summed E-state index contributed by atoms with van der Waals surface area (Å²) < 4.78 is 0. The molecule has 2 N–H and O–H groups in total. The zero-order chi connectivity index (χ0) is 8.81. The van der Waals surface area contributed by atoms with E-state index in [0.29, 0.717) is 6.04 Å². The molecule has 0 bridgehead atoms. The third kappa shape index (κ3) is 3.11. The van der Waals surface area contributed by atoms with Crippen LogP contribution in [-0.2, 0) is 0 Å². The average Bonchev–Trinajstić information content (AvgIpc) is 2.45. The molecule has 0 aromatic rings. The van der Waals surface area contributed by atoms with Gasteiger partial charge in [-0.1, -0.05) is 32.6 Å². The summed E-state index contributed by atoms with van der Waals surface area (Å²) in [5, 5.41) is 5.64. The highest BCUT2D eigenvalue weighted by Gasteiger charge is 2.18. The predicted octanol–water partition coefficient (Wildman–Crippen LogP) is 1.64. The third-order valence-electron chi connectivity index (χ3n) is 2.25. The molecule has 1 unspecified atom stereocenters.